The largest absolute Gasteiger partial charge is 0.450 e. The van der Waals surface area contributed by atoms with Gasteiger partial charge in [-0.05, 0) is 134 Å². The molecule has 4 aromatic rings. The highest BCUT2D eigenvalue weighted by Crippen LogP contribution is 2.40. The van der Waals surface area contributed by atoms with Gasteiger partial charge in [0.2, 0.25) is 0 Å². The van der Waals surface area contributed by atoms with E-state index in [1.807, 2.05) is 84.9 Å². The van der Waals surface area contributed by atoms with Crippen LogP contribution in [0.1, 0.15) is 118 Å². The molecule has 4 atom stereocenters. The molecule has 0 aromatic heterocycles. The fourth-order valence-corrected chi connectivity index (χ4v) is 8.45. The lowest BCUT2D eigenvalue weighted by atomic mass is 9.79. The summed E-state index contributed by atoms with van der Waals surface area (Å²) in [6.45, 7) is 0. The van der Waals surface area contributed by atoms with Gasteiger partial charge >= 0.3 is 11.9 Å². The number of benzene rings is 4. The monoisotopic (exact) mass is 678 g/mol. The lowest BCUT2D eigenvalue weighted by molar-refractivity contribution is -0.0388. The van der Waals surface area contributed by atoms with Crippen molar-refractivity contribution >= 4 is 30.4 Å². The summed E-state index contributed by atoms with van der Waals surface area (Å²) >= 11 is 0. The van der Waals surface area contributed by atoms with Crippen LogP contribution in [-0.4, -0.2) is 24.3 Å². The Morgan fingerprint density at radius 2 is 0.833 bits per heavy atom. The zero-order valence-electron chi connectivity index (χ0n) is 27.7. The van der Waals surface area contributed by atoms with Crippen molar-refractivity contribution in [2.24, 2.45) is 11.8 Å². The molecule has 2 aliphatic rings. The number of esters is 2. The average Bonchev–Trinajstić information content (AvgIpc) is 3.17. The molecule has 0 aliphatic heterocycles. The van der Waals surface area contributed by atoms with Gasteiger partial charge in [0.1, 0.15) is 0 Å². The van der Waals surface area contributed by atoms with Crippen molar-refractivity contribution in [2.45, 2.75) is 75.4 Å². The maximum Gasteiger partial charge on any atom is 0.338 e. The van der Waals surface area contributed by atoms with E-state index in [9.17, 15) is 9.59 Å². The van der Waals surface area contributed by atoms with Crippen molar-refractivity contribution in [3.05, 3.63) is 143 Å². The molecule has 0 amide bonds. The van der Waals surface area contributed by atoms with E-state index in [1.54, 1.807) is 0 Å². The number of carbonyl (C=O) groups excluding carboxylic acids is 2. The van der Waals surface area contributed by atoms with Gasteiger partial charge in [-0.1, -0.05) is 84.9 Å². The standard InChI is InChI=1S/C42H48O4P2/c43-41(37-23-19-33(20-24-37)31-15-11-29(27-47)12-16-31)45-39(35-7-3-1-4-8-35)40(36-9-5-2-6-10-36)46-42(44)38-25-21-34(22-26-38)32-17-13-30(28-48)14-18-32/h1-10,19-26,29-32,39-40H,11-18,27-28,47-48H2/t29?,30?,31?,32?,39-,40-/m1/s1. The molecule has 6 heteroatoms. The number of hydrogen-bond donors (Lipinski definition) is 0. The van der Waals surface area contributed by atoms with Crippen LogP contribution in [0.2, 0.25) is 0 Å². The van der Waals surface area contributed by atoms with Crippen LogP contribution < -0.4 is 0 Å². The van der Waals surface area contributed by atoms with Crippen molar-refractivity contribution < 1.29 is 19.1 Å². The summed E-state index contributed by atoms with van der Waals surface area (Å²) in [5.74, 6) is 1.78. The van der Waals surface area contributed by atoms with Crippen LogP contribution in [0.25, 0.3) is 0 Å². The Morgan fingerprint density at radius 1 is 0.500 bits per heavy atom. The molecule has 0 heterocycles. The van der Waals surface area contributed by atoms with Gasteiger partial charge in [-0.15, -0.1) is 18.5 Å². The molecule has 0 spiro atoms. The van der Waals surface area contributed by atoms with Gasteiger partial charge in [-0.3, -0.25) is 0 Å². The lowest BCUT2D eigenvalue weighted by Crippen LogP contribution is -2.23. The van der Waals surface area contributed by atoms with E-state index in [4.69, 9.17) is 9.47 Å². The molecule has 0 saturated heterocycles. The van der Waals surface area contributed by atoms with E-state index >= 15 is 0 Å². The minimum atomic E-state index is -0.849. The number of hydrogen-bond acceptors (Lipinski definition) is 4. The van der Waals surface area contributed by atoms with Crippen molar-refractivity contribution in [2.75, 3.05) is 12.3 Å². The molecular weight excluding hydrogens is 630 g/mol. The van der Waals surface area contributed by atoms with Gasteiger partial charge in [0.25, 0.3) is 0 Å². The van der Waals surface area contributed by atoms with Crippen molar-refractivity contribution in [3.63, 3.8) is 0 Å². The summed E-state index contributed by atoms with van der Waals surface area (Å²) in [5.41, 5.74) is 5.04. The Bertz CT molecular complexity index is 1470. The predicted molar refractivity (Wildman–Crippen MR) is 201 cm³/mol. The molecule has 2 fully saturated rings. The molecule has 2 saturated carbocycles. The zero-order chi connectivity index (χ0) is 33.3. The predicted octanol–water partition coefficient (Wildman–Crippen LogP) is 10.5. The van der Waals surface area contributed by atoms with E-state index in [2.05, 4.69) is 42.7 Å². The summed E-state index contributed by atoms with van der Waals surface area (Å²) < 4.78 is 12.6. The third-order valence-electron chi connectivity index (χ3n) is 10.6. The van der Waals surface area contributed by atoms with E-state index in [1.165, 1.54) is 74.8 Å². The second-order valence-electron chi connectivity index (χ2n) is 13.6. The topological polar surface area (TPSA) is 52.6 Å². The molecule has 0 radical (unpaired) electrons. The Balaban J connectivity index is 1.21. The van der Waals surface area contributed by atoms with E-state index in [0.29, 0.717) is 23.0 Å². The highest BCUT2D eigenvalue weighted by atomic mass is 31.0. The van der Waals surface area contributed by atoms with Gasteiger partial charge in [0.15, 0.2) is 12.2 Å². The normalized spacial score (nSPS) is 22.3. The Labute approximate surface area is 290 Å². The Morgan fingerprint density at radius 3 is 1.15 bits per heavy atom. The minimum Gasteiger partial charge on any atom is -0.450 e. The highest BCUT2D eigenvalue weighted by Gasteiger charge is 2.33. The second-order valence-corrected chi connectivity index (χ2v) is 14.6. The molecule has 0 N–H and O–H groups in total. The second kappa shape index (κ2) is 16.9. The first-order chi connectivity index (χ1) is 23.5. The van der Waals surface area contributed by atoms with E-state index in [0.717, 1.165) is 23.0 Å². The quantitative estimate of drug-likeness (QED) is 0.117. The minimum absolute atomic E-state index is 0.445. The molecule has 4 nitrogen and oxygen atoms in total. The number of rotatable bonds is 11. The van der Waals surface area contributed by atoms with Gasteiger partial charge in [-0.2, -0.15) is 0 Å². The van der Waals surface area contributed by atoms with E-state index in [-0.39, 0.29) is 0 Å². The van der Waals surface area contributed by atoms with Crippen LogP contribution in [0.4, 0.5) is 0 Å². The third kappa shape index (κ3) is 8.63. The SMILES string of the molecule is O=C(O[C@H](c1ccccc1)[C@H](OC(=O)c1ccc(C2CCC(CP)CC2)cc1)c1ccccc1)c1ccc(C2CCC(CP)CC2)cc1. The van der Waals surface area contributed by atoms with Gasteiger partial charge in [0.05, 0.1) is 11.1 Å². The molecule has 250 valence electrons. The summed E-state index contributed by atoms with van der Waals surface area (Å²) in [7, 11) is 5.77. The first-order valence-corrected chi connectivity index (χ1v) is 19.3. The molecule has 48 heavy (non-hydrogen) atoms. The Hall–Kier alpha value is -3.32. The van der Waals surface area contributed by atoms with Crippen molar-refractivity contribution in [1.29, 1.82) is 0 Å². The maximum atomic E-state index is 13.8. The fourth-order valence-electron chi connectivity index (χ4n) is 7.51. The number of carbonyl (C=O) groups is 2. The molecular formula is C42H48O4P2. The summed E-state index contributed by atoms with van der Waals surface area (Å²) in [6.07, 6.45) is 10.4. The van der Waals surface area contributed by atoms with Crippen LogP contribution in [0.15, 0.2) is 109 Å². The lowest BCUT2D eigenvalue weighted by Gasteiger charge is -2.29. The van der Waals surface area contributed by atoms with Crippen LogP contribution in [0, 0.1) is 11.8 Å². The maximum absolute atomic E-state index is 13.8. The van der Waals surface area contributed by atoms with Crippen LogP contribution >= 0.6 is 18.5 Å². The third-order valence-corrected chi connectivity index (χ3v) is 11.9. The summed E-state index contributed by atoms with van der Waals surface area (Å²) in [5, 5.41) is 0. The molecule has 2 aliphatic carbocycles. The van der Waals surface area contributed by atoms with Gasteiger partial charge < -0.3 is 9.47 Å². The van der Waals surface area contributed by atoms with Crippen molar-refractivity contribution in [1.82, 2.24) is 0 Å². The summed E-state index contributed by atoms with van der Waals surface area (Å²) in [6, 6.07) is 34.9. The van der Waals surface area contributed by atoms with Gasteiger partial charge in [0, 0.05) is 0 Å². The van der Waals surface area contributed by atoms with Crippen LogP contribution in [0.3, 0.4) is 0 Å². The number of ether oxygens (including phenoxy) is 2. The van der Waals surface area contributed by atoms with E-state index < -0.39 is 24.1 Å². The Kier molecular flexibility index (Phi) is 12.1. The van der Waals surface area contributed by atoms with Crippen molar-refractivity contribution in [3.8, 4) is 0 Å². The summed E-state index contributed by atoms with van der Waals surface area (Å²) in [4.78, 5) is 27.5. The molecule has 0 bridgehead atoms. The van der Waals surface area contributed by atoms with Crippen LogP contribution in [-0.2, 0) is 9.47 Å². The first kappa shape index (κ1) is 34.5. The van der Waals surface area contributed by atoms with Crippen LogP contribution in [0.5, 0.6) is 0 Å². The molecule has 2 unspecified atom stereocenters. The average molecular weight is 679 g/mol. The first-order valence-electron chi connectivity index (χ1n) is 17.6. The van der Waals surface area contributed by atoms with Gasteiger partial charge in [-0.25, -0.2) is 9.59 Å². The zero-order valence-corrected chi connectivity index (χ0v) is 30.0. The molecule has 6 rings (SSSR count). The fraction of sp³-hybridized carbons (Fsp3) is 0.381. The smallest absolute Gasteiger partial charge is 0.338 e. The highest BCUT2D eigenvalue weighted by molar-refractivity contribution is 7.16. The molecule has 4 aromatic carbocycles.